The molecule has 1 heterocycles. The first-order chi connectivity index (χ1) is 8.16. The smallest absolute Gasteiger partial charge is 0.219 e. The number of hydrogen-bond acceptors (Lipinski definition) is 2. The Kier molecular flexibility index (Phi) is 3.25. The molecule has 2 N–H and O–H groups in total. The quantitative estimate of drug-likeness (QED) is 0.787. The van der Waals surface area contributed by atoms with Crippen LogP contribution in [-0.2, 0) is 4.79 Å². The summed E-state index contributed by atoms with van der Waals surface area (Å²) in [5.41, 5.74) is 1.67. The zero-order valence-electron chi connectivity index (χ0n) is 9.50. The first kappa shape index (κ1) is 11.4. The van der Waals surface area contributed by atoms with E-state index >= 15 is 0 Å². The van der Waals surface area contributed by atoms with Gasteiger partial charge in [0.25, 0.3) is 0 Å². The van der Waals surface area contributed by atoms with Crippen molar-refractivity contribution in [3.8, 4) is 5.69 Å². The van der Waals surface area contributed by atoms with Crippen LogP contribution in [0.1, 0.15) is 18.7 Å². The number of nitrogens with one attached hydrogen (secondary N) is 1. The number of aromatic nitrogens is 1. The van der Waals surface area contributed by atoms with E-state index in [4.69, 9.17) is 0 Å². The average Bonchev–Trinajstić information content (AvgIpc) is 2.82. The lowest BCUT2D eigenvalue weighted by molar-refractivity contribution is -0.122. The highest BCUT2D eigenvalue weighted by atomic mass is 16.3. The average molecular weight is 230 g/mol. The predicted octanol–water partition coefficient (Wildman–Crippen LogP) is 1.60. The van der Waals surface area contributed by atoms with Crippen LogP contribution in [0.25, 0.3) is 5.69 Å². The van der Waals surface area contributed by atoms with Crippen LogP contribution >= 0.6 is 0 Å². The van der Waals surface area contributed by atoms with Gasteiger partial charge in [-0.3, -0.25) is 4.79 Å². The summed E-state index contributed by atoms with van der Waals surface area (Å²) in [6.07, 6.45) is 2.93. The SMILES string of the molecule is CC(=O)NC(O)c1ccc(-n2cccc2)cc1. The van der Waals surface area contributed by atoms with E-state index in [2.05, 4.69) is 5.32 Å². The van der Waals surface area contributed by atoms with Crippen LogP contribution in [0, 0.1) is 0 Å². The maximum absolute atomic E-state index is 10.8. The van der Waals surface area contributed by atoms with E-state index in [1.165, 1.54) is 6.92 Å². The summed E-state index contributed by atoms with van der Waals surface area (Å²) in [6.45, 7) is 1.37. The highest BCUT2D eigenvalue weighted by molar-refractivity contribution is 5.73. The zero-order chi connectivity index (χ0) is 12.3. The van der Waals surface area contributed by atoms with Gasteiger partial charge in [-0.05, 0) is 24.3 Å². The summed E-state index contributed by atoms with van der Waals surface area (Å²) in [7, 11) is 0. The number of nitrogens with zero attached hydrogens (tertiary/aromatic N) is 1. The molecular weight excluding hydrogens is 216 g/mol. The zero-order valence-corrected chi connectivity index (χ0v) is 9.50. The molecule has 2 aromatic rings. The number of amides is 1. The van der Waals surface area contributed by atoms with Crippen molar-refractivity contribution in [2.24, 2.45) is 0 Å². The van der Waals surface area contributed by atoms with Gasteiger partial charge in [-0.1, -0.05) is 12.1 Å². The Morgan fingerprint density at radius 3 is 2.35 bits per heavy atom. The summed E-state index contributed by atoms with van der Waals surface area (Å²) >= 11 is 0. The second-order valence-corrected chi connectivity index (χ2v) is 3.78. The Hall–Kier alpha value is -2.07. The van der Waals surface area contributed by atoms with Crippen LogP contribution in [0.5, 0.6) is 0 Å². The number of aliphatic hydroxyl groups excluding tert-OH is 1. The molecule has 1 amide bonds. The highest BCUT2D eigenvalue weighted by Crippen LogP contribution is 2.14. The second kappa shape index (κ2) is 4.84. The lowest BCUT2D eigenvalue weighted by atomic mass is 10.2. The summed E-state index contributed by atoms with van der Waals surface area (Å²) in [5, 5.41) is 12.1. The van der Waals surface area contributed by atoms with Gasteiger partial charge in [-0.15, -0.1) is 0 Å². The van der Waals surface area contributed by atoms with E-state index in [9.17, 15) is 9.90 Å². The van der Waals surface area contributed by atoms with E-state index in [1.807, 2.05) is 41.2 Å². The fourth-order valence-electron chi connectivity index (χ4n) is 1.61. The standard InChI is InChI=1S/C13H14N2O2/c1-10(16)14-13(17)11-4-6-12(7-5-11)15-8-2-3-9-15/h2-9,13,17H,1H3,(H,14,16). The first-order valence-electron chi connectivity index (χ1n) is 5.35. The molecule has 0 saturated carbocycles. The third-order valence-electron chi connectivity index (χ3n) is 2.45. The van der Waals surface area contributed by atoms with Crippen molar-refractivity contribution in [2.75, 3.05) is 0 Å². The predicted molar refractivity (Wildman–Crippen MR) is 64.5 cm³/mol. The molecule has 1 aromatic carbocycles. The Labute approximate surface area is 99.5 Å². The number of hydrogen-bond donors (Lipinski definition) is 2. The van der Waals surface area contributed by atoms with Crippen molar-refractivity contribution in [2.45, 2.75) is 13.2 Å². The minimum atomic E-state index is -0.953. The number of rotatable bonds is 3. The van der Waals surface area contributed by atoms with Crippen molar-refractivity contribution >= 4 is 5.91 Å². The molecule has 0 spiro atoms. The third kappa shape index (κ3) is 2.73. The molecule has 1 aromatic heterocycles. The van der Waals surface area contributed by atoms with Crippen molar-refractivity contribution in [1.29, 1.82) is 0 Å². The largest absolute Gasteiger partial charge is 0.369 e. The van der Waals surface area contributed by atoms with E-state index < -0.39 is 6.23 Å². The topological polar surface area (TPSA) is 54.3 Å². The van der Waals surface area contributed by atoms with Gasteiger partial charge in [-0.25, -0.2) is 0 Å². The van der Waals surface area contributed by atoms with Crippen molar-refractivity contribution < 1.29 is 9.90 Å². The van der Waals surface area contributed by atoms with Crippen LogP contribution in [0.4, 0.5) is 0 Å². The van der Waals surface area contributed by atoms with Gasteiger partial charge in [0.15, 0.2) is 6.23 Å². The van der Waals surface area contributed by atoms with Crippen LogP contribution in [0.3, 0.4) is 0 Å². The lowest BCUT2D eigenvalue weighted by Gasteiger charge is -2.12. The van der Waals surface area contributed by atoms with Gasteiger partial charge in [0.1, 0.15) is 0 Å². The molecule has 88 valence electrons. The lowest BCUT2D eigenvalue weighted by Crippen LogP contribution is -2.25. The molecule has 0 bridgehead atoms. The molecule has 1 atom stereocenters. The Morgan fingerprint density at radius 2 is 1.82 bits per heavy atom. The maximum atomic E-state index is 10.8. The Bertz CT molecular complexity index is 489. The molecule has 4 nitrogen and oxygen atoms in total. The van der Waals surface area contributed by atoms with Gasteiger partial charge in [0.05, 0.1) is 0 Å². The Balaban J connectivity index is 2.15. The van der Waals surface area contributed by atoms with Crippen molar-refractivity contribution in [3.63, 3.8) is 0 Å². The number of carbonyl (C=O) groups is 1. The molecule has 0 aliphatic carbocycles. The number of carbonyl (C=O) groups excluding carboxylic acids is 1. The molecule has 0 aliphatic rings. The van der Waals surface area contributed by atoms with Crippen LogP contribution in [-0.4, -0.2) is 15.6 Å². The number of aliphatic hydroxyl groups is 1. The fraction of sp³-hybridized carbons (Fsp3) is 0.154. The fourth-order valence-corrected chi connectivity index (χ4v) is 1.61. The van der Waals surface area contributed by atoms with Gasteiger partial charge >= 0.3 is 0 Å². The van der Waals surface area contributed by atoms with Crippen molar-refractivity contribution in [1.82, 2.24) is 9.88 Å². The molecule has 17 heavy (non-hydrogen) atoms. The molecule has 4 heteroatoms. The molecule has 0 radical (unpaired) electrons. The normalized spacial score (nSPS) is 12.1. The molecule has 0 saturated heterocycles. The second-order valence-electron chi connectivity index (χ2n) is 3.78. The van der Waals surface area contributed by atoms with Gasteiger partial charge in [0, 0.05) is 30.6 Å². The maximum Gasteiger partial charge on any atom is 0.219 e. The van der Waals surface area contributed by atoms with Gasteiger partial charge in [0.2, 0.25) is 5.91 Å². The summed E-state index contributed by atoms with van der Waals surface area (Å²) in [4.78, 5) is 10.8. The molecule has 0 fully saturated rings. The molecule has 1 unspecified atom stereocenters. The minimum absolute atomic E-state index is 0.257. The van der Waals surface area contributed by atoms with E-state index in [-0.39, 0.29) is 5.91 Å². The van der Waals surface area contributed by atoms with Crippen molar-refractivity contribution in [3.05, 3.63) is 54.4 Å². The molecule has 2 rings (SSSR count). The van der Waals surface area contributed by atoms with Crippen LogP contribution < -0.4 is 5.32 Å². The van der Waals surface area contributed by atoms with E-state index in [1.54, 1.807) is 12.1 Å². The molecular formula is C13H14N2O2. The van der Waals surface area contributed by atoms with Crippen LogP contribution in [0.2, 0.25) is 0 Å². The number of benzene rings is 1. The van der Waals surface area contributed by atoms with E-state index in [0.29, 0.717) is 5.56 Å². The monoisotopic (exact) mass is 230 g/mol. The minimum Gasteiger partial charge on any atom is -0.369 e. The summed E-state index contributed by atoms with van der Waals surface area (Å²) in [5.74, 6) is -0.257. The summed E-state index contributed by atoms with van der Waals surface area (Å²) < 4.78 is 1.97. The van der Waals surface area contributed by atoms with Gasteiger partial charge in [-0.2, -0.15) is 0 Å². The van der Waals surface area contributed by atoms with E-state index in [0.717, 1.165) is 5.69 Å². The summed E-state index contributed by atoms with van der Waals surface area (Å²) in [6, 6.07) is 11.2. The highest BCUT2D eigenvalue weighted by Gasteiger charge is 2.07. The first-order valence-corrected chi connectivity index (χ1v) is 5.35. The van der Waals surface area contributed by atoms with Crippen LogP contribution in [0.15, 0.2) is 48.8 Å². The molecule has 0 aliphatic heterocycles. The third-order valence-corrected chi connectivity index (χ3v) is 2.45. The Morgan fingerprint density at radius 1 is 1.24 bits per heavy atom. The van der Waals surface area contributed by atoms with Gasteiger partial charge < -0.3 is 15.0 Å².